The van der Waals surface area contributed by atoms with Crippen LogP contribution in [0.4, 0.5) is 0 Å². The molecule has 5 nitrogen and oxygen atoms in total. The number of hydrogen-bond acceptors (Lipinski definition) is 4. The largest absolute Gasteiger partial charge is 0.481 e. The average molecular weight is 446 g/mol. The number of halogens is 1. The molecule has 0 aliphatic heterocycles. The Morgan fingerprint density at radius 2 is 2.26 bits per heavy atom. The molecule has 2 aromatic rings. The van der Waals surface area contributed by atoms with E-state index in [1.165, 1.54) is 4.88 Å². The van der Waals surface area contributed by atoms with Gasteiger partial charge in [0.2, 0.25) is 5.88 Å². The smallest absolute Gasteiger partial charge is 0.213 e. The first-order valence-electron chi connectivity index (χ1n) is 7.16. The number of nitrogens with one attached hydrogen (secondary N) is 1. The molecule has 0 aliphatic rings. The third kappa shape index (κ3) is 6.34. The van der Waals surface area contributed by atoms with E-state index in [4.69, 9.17) is 4.74 Å². The number of ether oxygens (including phenoxy) is 1. The summed E-state index contributed by atoms with van der Waals surface area (Å²) in [5, 5.41) is 5.47. The Kier molecular flexibility index (Phi) is 8.93. The molecule has 0 aromatic carbocycles. The Morgan fingerprint density at radius 1 is 1.43 bits per heavy atom. The van der Waals surface area contributed by atoms with Gasteiger partial charge in [-0.3, -0.25) is 4.99 Å². The van der Waals surface area contributed by atoms with E-state index < -0.39 is 0 Å². The molecule has 1 N–H and O–H groups in total. The summed E-state index contributed by atoms with van der Waals surface area (Å²) in [6.07, 6.45) is 2.77. The summed E-state index contributed by atoms with van der Waals surface area (Å²) in [5.74, 6) is 1.51. The monoisotopic (exact) mass is 446 g/mol. The molecule has 0 bridgehead atoms. The van der Waals surface area contributed by atoms with Crippen LogP contribution < -0.4 is 10.1 Å². The predicted molar refractivity (Wildman–Crippen MR) is 107 cm³/mol. The highest BCUT2D eigenvalue weighted by molar-refractivity contribution is 14.0. The molecule has 0 amide bonds. The van der Waals surface area contributed by atoms with Crippen LogP contribution in [0.2, 0.25) is 0 Å². The summed E-state index contributed by atoms with van der Waals surface area (Å²) in [4.78, 5) is 12.0. The van der Waals surface area contributed by atoms with Gasteiger partial charge in [-0.1, -0.05) is 6.07 Å². The first-order chi connectivity index (χ1) is 10.7. The fourth-order valence-corrected chi connectivity index (χ4v) is 2.77. The van der Waals surface area contributed by atoms with Crippen LogP contribution in [0.3, 0.4) is 0 Å². The lowest BCUT2D eigenvalue weighted by Gasteiger charge is -2.22. The molecule has 0 unspecified atom stereocenters. The molecule has 2 aromatic heterocycles. The van der Waals surface area contributed by atoms with E-state index in [0.717, 1.165) is 24.5 Å². The zero-order valence-electron chi connectivity index (χ0n) is 13.7. The molecule has 0 saturated carbocycles. The van der Waals surface area contributed by atoms with E-state index in [1.807, 2.05) is 12.1 Å². The molecule has 23 heavy (non-hydrogen) atoms. The second-order valence-corrected chi connectivity index (χ2v) is 5.89. The molecular formula is C16H23IN4OS. The van der Waals surface area contributed by atoms with Gasteiger partial charge in [0.15, 0.2) is 5.96 Å². The number of aliphatic imine (C=N–C) groups is 1. The van der Waals surface area contributed by atoms with E-state index in [2.05, 4.69) is 44.8 Å². The van der Waals surface area contributed by atoms with Gasteiger partial charge in [-0.15, -0.1) is 35.3 Å². The summed E-state index contributed by atoms with van der Waals surface area (Å²) < 4.78 is 5.14. The molecule has 7 heteroatoms. The molecular weight excluding hydrogens is 423 g/mol. The van der Waals surface area contributed by atoms with Crippen molar-refractivity contribution >= 4 is 41.3 Å². The Hall–Kier alpha value is -1.35. The van der Waals surface area contributed by atoms with E-state index in [9.17, 15) is 0 Å². The summed E-state index contributed by atoms with van der Waals surface area (Å²) in [6.45, 7) is 1.62. The van der Waals surface area contributed by atoms with Gasteiger partial charge in [0.25, 0.3) is 0 Å². The number of methoxy groups -OCH3 is 1. The normalized spacial score (nSPS) is 10.8. The number of guanidine groups is 1. The Morgan fingerprint density at radius 3 is 2.91 bits per heavy atom. The zero-order chi connectivity index (χ0) is 15.8. The van der Waals surface area contributed by atoms with Crippen molar-refractivity contribution in [2.45, 2.75) is 13.0 Å². The molecule has 2 rings (SSSR count). The maximum Gasteiger partial charge on any atom is 0.213 e. The highest BCUT2D eigenvalue weighted by Crippen LogP contribution is 2.10. The van der Waals surface area contributed by atoms with Gasteiger partial charge in [-0.05, 0) is 29.5 Å². The lowest BCUT2D eigenvalue weighted by Crippen LogP contribution is -2.39. The van der Waals surface area contributed by atoms with Gasteiger partial charge in [0.1, 0.15) is 0 Å². The van der Waals surface area contributed by atoms with Crippen LogP contribution >= 0.6 is 35.3 Å². The maximum atomic E-state index is 5.14. The molecule has 0 fully saturated rings. The minimum Gasteiger partial charge on any atom is -0.481 e. The maximum absolute atomic E-state index is 5.14. The Bertz CT molecular complexity index is 604. The lowest BCUT2D eigenvalue weighted by atomic mass is 10.2. The minimum absolute atomic E-state index is 0. The highest BCUT2D eigenvalue weighted by Gasteiger charge is 2.06. The third-order valence-corrected chi connectivity index (χ3v) is 4.24. The average Bonchev–Trinajstić information content (AvgIpc) is 3.07. The van der Waals surface area contributed by atoms with Crippen molar-refractivity contribution in [2.75, 3.05) is 27.7 Å². The van der Waals surface area contributed by atoms with Crippen molar-refractivity contribution in [3.05, 3.63) is 46.3 Å². The number of hydrogen-bond donors (Lipinski definition) is 1. The number of thiophene rings is 1. The van der Waals surface area contributed by atoms with Crippen molar-refractivity contribution in [1.29, 1.82) is 0 Å². The van der Waals surface area contributed by atoms with E-state index in [0.29, 0.717) is 12.4 Å². The lowest BCUT2D eigenvalue weighted by molar-refractivity contribution is 0.397. The van der Waals surface area contributed by atoms with Gasteiger partial charge >= 0.3 is 0 Å². The van der Waals surface area contributed by atoms with Gasteiger partial charge in [-0.2, -0.15) is 0 Å². The molecule has 2 heterocycles. The van der Waals surface area contributed by atoms with Crippen LogP contribution in [-0.2, 0) is 13.0 Å². The van der Waals surface area contributed by atoms with Crippen LogP contribution in [0.25, 0.3) is 0 Å². The van der Waals surface area contributed by atoms with E-state index in [-0.39, 0.29) is 24.0 Å². The fraction of sp³-hybridized carbons (Fsp3) is 0.375. The second kappa shape index (κ2) is 10.4. The van der Waals surface area contributed by atoms with Crippen molar-refractivity contribution in [1.82, 2.24) is 15.2 Å². The predicted octanol–water partition coefficient (Wildman–Crippen LogP) is 3.02. The van der Waals surface area contributed by atoms with E-state index >= 15 is 0 Å². The molecule has 0 radical (unpaired) electrons. The van der Waals surface area contributed by atoms with Crippen LogP contribution in [-0.4, -0.2) is 43.6 Å². The fourth-order valence-electron chi connectivity index (χ4n) is 2.08. The SMILES string of the molecule is CN=C(NCc1ccnc(OC)c1)N(C)CCc1cccs1.I. The van der Waals surface area contributed by atoms with Crippen molar-refractivity contribution in [3.8, 4) is 5.88 Å². The summed E-state index contributed by atoms with van der Waals surface area (Å²) >= 11 is 1.79. The number of aromatic nitrogens is 1. The van der Waals surface area contributed by atoms with Crippen molar-refractivity contribution < 1.29 is 4.74 Å². The van der Waals surface area contributed by atoms with Crippen LogP contribution in [0.15, 0.2) is 40.8 Å². The first kappa shape index (κ1) is 19.7. The standard InChI is InChI=1S/C16H22N4OS.HI/c1-17-16(20(2)9-7-14-5-4-10-22-14)19-12-13-6-8-18-15(11-13)21-3;/h4-6,8,10-11H,7,9,12H2,1-3H3,(H,17,19);1H. The number of pyridine rings is 1. The van der Waals surface area contributed by atoms with Crippen LogP contribution in [0.5, 0.6) is 5.88 Å². The molecule has 126 valence electrons. The third-order valence-electron chi connectivity index (χ3n) is 3.31. The topological polar surface area (TPSA) is 49.8 Å². The molecule has 0 aliphatic carbocycles. The molecule has 0 spiro atoms. The Labute approximate surface area is 158 Å². The van der Waals surface area contributed by atoms with Gasteiger partial charge in [0.05, 0.1) is 7.11 Å². The van der Waals surface area contributed by atoms with Crippen molar-refractivity contribution in [3.63, 3.8) is 0 Å². The van der Waals surface area contributed by atoms with Crippen molar-refractivity contribution in [2.24, 2.45) is 4.99 Å². The second-order valence-electron chi connectivity index (χ2n) is 4.86. The quantitative estimate of drug-likeness (QED) is 0.421. The van der Waals surface area contributed by atoms with Gasteiger partial charge in [0, 0.05) is 44.3 Å². The summed E-state index contributed by atoms with van der Waals surface area (Å²) in [7, 11) is 5.48. The molecule has 0 atom stereocenters. The molecule has 0 saturated heterocycles. The Balaban J connectivity index is 0.00000264. The van der Waals surface area contributed by atoms with Crippen LogP contribution in [0, 0.1) is 0 Å². The summed E-state index contributed by atoms with van der Waals surface area (Å²) in [5.41, 5.74) is 1.11. The van der Waals surface area contributed by atoms with E-state index in [1.54, 1.807) is 31.7 Å². The summed E-state index contributed by atoms with van der Waals surface area (Å²) in [6, 6.07) is 8.14. The highest BCUT2D eigenvalue weighted by atomic mass is 127. The number of rotatable bonds is 6. The van der Waals surface area contributed by atoms with Crippen LogP contribution in [0.1, 0.15) is 10.4 Å². The first-order valence-corrected chi connectivity index (χ1v) is 8.04. The minimum atomic E-state index is 0. The van der Waals surface area contributed by atoms with Gasteiger partial charge in [-0.25, -0.2) is 4.98 Å². The zero-order valence-corrected chi connectivity index (χ0v) is 16.8. The number of likely N-dealkylation sites (N-methyl/N-ethyl adjacent to an activating group) is 1. The number of nitrogens with zero attached hydrogens (tertiary/aromatic N) is 3. The van der Waals surface area contributed by atoms with Gasteiger partial charge < -0.3 is 15.0 Å².